The second-order valence-corrected chi connectivity index (χ2v) is 6.68. The first-order valence-corrected chi connectivity index (χ1v) is 8.25. The zero-order valence-corrected chi connectivity index (χ0v) is 13.1. The molecule has 0 saturated heterocycles. The van der Waals surface area contributed by atoms with Crippen molar-refractivity contribution in [1.82, 2.24) is 0 Å². The van der Waals surface area contributed by atoms with E-state index in [0.29, 0.717) is 32.8 Å². The van der Waals surface area contributed by atoms with E-state index in [4.69, 9.17) is 9.47 Å². The van der Waals surface area contributed by atoms with Crippen molar-refractivity contribution in [2.24, 2.45) is 0 Å². The van der Waals surface area contributed by atoms with Crippen LogP contribution in [-0.4, -0.2) is 76.8 Å². The standard InChI is InChI=1S/C12H27NO5S/c1-4-17-10-11-18-9-8-13(2,3)7-5-6-12-19(14,15)16/h4-12H2,1-3H3. The van der Waals surface area contributed by atoms with E-state index in [0.717, 1.165) is 24.0 Å². The predicted molar refractivity (Wildman–Crippen MR) is 73.0 cm³/mol. The molecule has 19 heavy (non-hydrogen) atoms. The van der Waals surface area contributed by atoms with Crippen molar-refractivity contribution >= 4 is 10.1 Å². The van der Waals surface area contributed by atoms with Gasteiger partial charge >= 0.3 is 0 Å². The Labute approximate surface area is 117 Å². The summed E-state index contributed by atoms with van der Waals surface area (Å²) in [5.74, 6) is -0.266. The zero-order chi connectivity index (χ0) is 14.8. The van der Waals surface area contributed by atoms with Gasteiger partial charge < -0.3 is 18.5 Å². The van der Waals surface area contributed by atoms with Gasteiger partial charge in [-0.05, 0) is 19.8 Å². The molecule has 0 aliphatic carbocycles. The van der Waals surface area contributed by atoms with Crippen LogP contribution in [0.5, 0.6) is 0 Å². The topological polar surface area (TPSA) is 75.7 Å². The van der Waals surface area contributed by atoms with Crippen LogP contribution in [0.15, 0.2) is 0 Å². The first-order valence-electron chi connectivity index (χ1n) is 6.68. The molecule has 0 unspecified atom stereocenters. The number of quaternary nitrogens is 1. The molecule has 0 atom stereocenters. The first-order chi connectivity index (χ1) is 8.77. The third-order valence-corrected chi connectivity index (χ3v) is 3.61. The van der Waals surface area contributed by atoms with Crippen molar-refractivity contribution in [2.75, 3.05) is 59.4 Å². The summed E-state index contributed by atoms with van der Waals surface area (Å²) < 4.78 is 42.7. The van der Waals surface area contributed by atoms with Crippen LogP contribution < -0.4 is 0 Å². The summed E-state index contributed by atoms with van der Waals surface area (Å²) in [5, 5.41) is 0. The molecule has 0 bridgehead atoms. The highest BCUT2D eigenvalue weighted by atomic mass is 32.2. The van der Waals surface area contributed by atoms with E-state index in [1.54, 1.807) is 0 Å². The summed E-state index contributed by atoms with van der Waals surface area (Å²) in [4.78, 5) is 0. The lowest BCUT2D eigenvalue weighted by Crippen LogP contribution is -2.43. The lowest BCUT2D eigenvalue weighted by atomic mass is 10.3. The molecule has 7 heteroatoms. The Balaban J connectivity index is 3.57. The van der Waals surface area contributed by atoms with Crippen LogP contribution in [-0.2, 0) is 19.6 Å². The van der Waals surface area contributed by atoms with E-state index < -0.39 is 10.1 Å². The summed E-state index contributed by atoms with van der Waals surface area (Å²) in [5.41, 5.74) is 0. The van der Waals surface area contributed by atoms with E-state index in [1.165, 1.54) is 0 Å². The van der Waals surface area contributed by atoms with E-state index >= 15 is 0 Å². The van der Waals surface area contributed by atoms with E-state index in [9.17, 15) is 13.0 Å². The largest absolute Gasteiger partial charge is 0.748 e. The van der Waals surface area contributed by atoms with Crippen LogP contribution in [0.2, 0.25) is 0 Å². The Morgan fingerprint density at radius 2 is 1.63 bits per heavy atom. The summed E-state index contributed by atoms with van der Waals surface area (Å²) in [6.07, 6.45) is 1.16. The number of unbranched alkanes of at least 4 members (excludes halogenated alkanes) is 1. The second-order valence-electron chi connectivity index (χ2n) is 5.16. The molecule has 6 nitrogen and oxygen atoms in total. The molecular weight excluding hydrogens is 270 g/mol. The molecule has 0 fully saturated rings. The molecule has 0 aliphatic rings. The zero-order valence-electron chi connectivity index (χ0n) is 12.3. The molecule has 0 radical (unpaired) electrons. The van der Waals surface area contributed by atoms with Gasteiger partial charge in [0, 0.05) is 12.4 Å². The van der Waals surface area contributed by atoms with Crippen molar-refractivity contribution < 1.29 is 26.9 Å². The lowest BCUT2D eigenvalue weighted by molar-refractivity contribution is -0.890. The first kappa shape index (κ1) is 18.8. The minimum absolute atomic E-state index is 0.266. The van der Waals surface area contributed by atoms with Crippen LogP contribution in [0.25, 0.3) is 0 Å². The molecule has 0 spiro atoms. The van der Waals surface area contributed by atoms with Crippen molar-refractivity contribution in [3.05, 3.63) is 0 Å². The van der Waals surface area contributed by atoms with Crippen molar-refractivity contribution in [3.63, 3.8) is 0 Å². The molecule has 116 valence electrons. The Morgan fingerprint density at radius 3 is 2.21 bits per heavy atom. The van der Waals surface area contributed by atoms with Gasteiger partial charge in [-0.25, -0.2) is 8.42 Å². The predicted octanol–water partition coefficient (Wildman–Crippen LogP) is 0.441. The number of ether oxygens (including phenoxy) is 2. The van der Waals surface area contributed by atoms with Gasteiger partial charge in [-0.15, -0.1) is 0 Å². The van der Waals surface area contributed by atoms with Gasteiger partial charge in [0.05, 0.1) is 50.6 Å². The van der Waals surface area contributed by atoms with Gasteiger partial charge in [0.1, 0.15) is 6.54 Å². The molecule has 0 saturated carbocycles. The van der Waals surface area contributed by atoms with Crippen molar-refractivity contribution in [1.29, 1.82) is 0 Å². The van der Waals surface area contributed by atoms with Gasteiger partial charge in [-0.3, -0.25) is 0 Å². The Bertz CT molecular complexity index is 316. The molecule has 0 aromatic heterocycles. The molecule has 0 aliphatic heterocycles. The SMILES string of the molecule is CCOCCOCC[N+](C)(C)CCCCS(=O)(=O)[O-]. The molecule has 0 aromatic carbocycles. The van der Waals surface area contributed by atoms with Crippen LogP contribution in [0, 0.1) is 0 Å². The van der Waals surface area contributed by atoms with Crippen LogP contribution >= 0.6 is 0 Å². The van der Waals surface area contributed by atoms with Gasteiger partial charge in [-0.1, -0.05) is 0 Å². The molecule has 0 heterocycles. The number of hydrogen-bond donors (Lipinski definition) is 0. The molecular formula is C12H27NO5S. The second kappa shape index (κ2) is 9.66. The van der Waals surface area contributed by atoms with E-state index in [-0.39, 0.29) is 5.75 Å². The van der Waals surface area contributed by atoms with Crippen molar-refractivity contribution in [2.45, 2.75) is 19.8 Å². The highest BCUT2D eigenvalue weighted by Gasteiger charge is 2.14. The summed E-state index contributed by atoms with van der Waals surface area (Å²) >= 11 is 0. The average Bonchev–Trinajstić information content (AvgIpc) is 2.28. The quantitative estimate of drug-likeness (QED) is 0.297. The van der Waals surface area contributed by atoms with Crippen LogP contribution in [0.3, 0.4) is 0 Å². The highest BCUT2D eigenvalue weighted by molar-refractivity contribution is 7.85. The number of hydrogen-bond acceptors (Lipinski definition) is 5. The monoisotopic (exact) mass is 297 g/mol. The normalized spacial score (nSPS) is 12.8. The van der Waals surface area contributed by atoms with Crippen molar-refractivity contribution in [3.8, 4) is 0 Å². The van der Waals surface area contributed by atoms with E-state index in [1.807, 2.05) is 6.92 Å². The fraction of sp³-hybridized carbons (Fsp3) is 1.00. The third kappa shape index (κ3) is 14.0. The molecule has 0 N–H and O–H groups in total. The summed E-state index contributed by atoms with van der Waals surface area (Å²) in [7, 11) is 0.0669. The number of rotatable bonds is 12. The highest BCUT2D eigenvalue weighted by Crippen LogP contribution is 2.03. The van der Waals surface area contributed by atoms with Gasteiger partial charge in [0.2, 0.25) is 0 Å². The lowest BCUT2D eigenvalue weighted by Gasteiger charge is -2.29. The Kier molecular flexibility index (Phi) is 9.55. The summed E-state index contributed by atoms with van der Waals surface area (Å²) in [6, 6.07) is 0. The van der Waals surface area contributed by atoms with Gasteiger partial charge in [0.25, 0.3) is 0 Å². The number of nitrogens with zero attached hydrogens (tertiary/aromatic N) is 1. The Morgan fingerprint density at radius 1 is 1.00 bits per heavy atom. The average molecular weight is 297 g/mol. The fourth-order valence-electron chi connectivity index (χ4n) is 1.61. The van der Waals surface area contributed by atoms with Crippen LogP contribution in [0.4, 0.5) is 0 Å². The summed E-state index contributed by atoms with van der Waals surface area (Å²) in [6.45, 7) is 6.21. The minimum atomic E-state index is -4.07. The molecule has 0 rings (SSSR count). The third-order valence-electron chi connectivity index (χ3n) is 2.82. The maximum absolute atomic E-state index is 10.5. The van der Waals surface area contributed by atoms with Crippen LogP contribution in [0.1, 0.15) is 19.8 Å². The van der Waals surface area contributed by atoms with Gasteiger partial charge in [-0.2, -0.15) is 0 Å². The smallest absolute Gasteiger partial charge is 0.102 e. The fourth-order valence-corrected chi connectivity index (χ4v) is 2.16. The number of likely N-dealkylation sites (N-methyl/N-ethyl adjacent to an activating group) is 1. The minimum Gasteiger partial charge on any atom is -0.748 e. The maximum atomic E-state index is 10.5. The Hall–Kier alpha value is -0.210. The van der Waals surface area contributed by atoms with E-state index in [2.05, 4.69) is 14.1 Å². The molecule has 0 amide bonds. The maximum Gasteiger partial charge on any atom is 0.102 e. The molecule has 0 aromatic rings. The van der Waals surface area contributed by atoms with Gasteiger partial charge in [0.15, 0.2) is 0 Å².